The Kier molecular flexibility index (Phi) is 7.14. The van der Waals surface area contributed by atoms with Gasteiger partial charge in [0.15, 0.2) is 0 Å². The highest BCUT2D eigenvalue weighted by molar-refractivity contribution is 4.82. The maximum Gasteiger partial charge on any atom is 0.328 e. The van der Waals surface area contributed by atoms with Crippen molar-refractivity contribution in [3.63, 3.8) is 0 Å². The number of hydrogen-bond donors (Lipinski definition) is 1. The van der Waals surface area contributed by atoms with Crippen LogP contribution in [0.3, 0.4) is 0 Å². The first kappa shape index (κ1) is 14.7. The Balaban J connectivity index is 2.15. The Hall–Kier alpha value is -1.32. The minimum Gasteiger partial charge on any atom is -0.314 e. The van der Waals surface area contributed by atoms with E-state index in [1.165, 1.54) is 55.4 Å². The van der Waals surface area contributed by atoms with E-state index in [9.17, 15) is 9.59 Å². The number of unbranched alkanes of at least 4 members (excludes halogenated alkanes) is 7. The molecule has 0 radical (unpaired) electrons. The van der Waals surface area contributed by atoms with Crippen molar-refractivity contribution in [1.82, 2.24) is 9.55 Å². The van der Waals surface area contributed by atoms with Crippen LogP contribution in [0.25, 0.3) is 0 Å². The molecule has 0 aromatic carbocycles. The molecule has 102 valence electrons. The Morgan fingerprint density at radius 3 is 2.22 bits per heavy atom. The number of aromatic amines is 1. The van der Waals surface area contributed by atoms with Crippen LogP contribution in [0.1, 0.15) is 58.3 Å². The number of nitrogens with zero attached hydrogens (tertiary/aromatic N) is 1. The van der Waals surface area contributed by atoms with Crippen LogP contribution in [-0.2, 0) is 6.54 Å². The number of rotatable bonds is 9. The molecule has 0 bridgehead atoms. The molecule has 1 N–H and O–H groups in total. The van der Waals surface area contributed by atoms with Gasteiger partial charge in [-0.25, -0.2) is 4.79 Å². The van der Waals surface area contributed by atoms with E-state index in [0.29, 0.717) is 6.54 Å². The third kappa shape index (κ3) is 5.34. The lowest BCUT2D eigenvalue weighted by Crippen LogP contribution is -2.33. The molecule has 1 rings (SSSR count). The van der Waals surface area contributed by atoms with Crippen molar-refractivity contribution in [1.29, 1.82) is 0 Å². The lowest BCUT2D eigenvalue weighted by atomic mass is 10.1. The number of nitrogens with one attached hydrogen (secondary N) is 1. The smallest absolute Gasteiger partial charge is 0.314 e. The Labute approximate surface area is 108 Å². The predicted octanol–water partition coefficient (Wildman–Crippen LogP) is 2.68. The van der Waals surface area contributed by atoms with Crippen LogP contribution in [0.5, 0.6) is 0 Å². The molecule has 1 heterocycles. The minimum atomic E-state index is -0.301. The molecule has 0 aliphatic carbocycles. The van der Waals surface area contributed by atoms with Gasteiger partial charge in [0.2, 0.25) is 0 Å². The Morgan fingerprint density at radius 2 is 1.61 bits per heavy atom. The van der Waals surface area contributed by atoms with Crippen LogP contribution in [0, 0.1) is 0 Å². The zero-order valence-corrected chi connectivity index (χ0v) is 11.3. The van der Waals surface area contributed by atoms with Crippen molar-refractivity contribution >= 4 is 0 Å². The first-order valence-electron chi connectivity index (χ1n) is 7.04. The van der Waals surface area contributed by atoms with E-state index >= 15 is 0 Å². The van der Waals surface area contributed by atoms with Gasteiger partial charge in [0, 0.05) is 18.8 Å². The van der Waals surface area contributed by atoms with Crippen LogP contribution in [-0.4, -0.2) is 9.55 Å². The number of aromatic nitrogens is 2. The topological polar surface area (TPSA) is 54.9 Å². The molecule has 0 saturated carbocycles. The van der Waals surface area contributed by atoms with Gasteiger partial charge in [0.25, 0.3) is 5.56 Å². The van der Waals surface area contributed by atoms with Crippen molar-refractivity contribution < 1.29 is 0 Å². The standard InChI is InChI=1S/C14H24N2O2/c1-2-3-4-5-6-7-8-9-12-16-13(17)10-11-15-14(16)18/h10-11H,2-9,12H2,1H3,(H,15,18). The van der Waals surface area contributed by atoms with Gasteiger partial charge in [0.1, 0.15) is 0 Å². The van der Waals surface area contributed by atoms with Gasteiger partial charge in [-0.05, 0) is 6.42 Å². The minimum absolute atomic E-state index is 0.207. The summed E-state index contributed by atoms with van der Waals surface area (Å²) >= 11 is 0. The molecule has 0 atom stereocenters. The summed E-state index contributed by atoms with van der Waals surface area (Å²) in [5, 5.41) is 0. The van der Waals surface area contributed by atoms with Crippen molar-refractivity contribution in [2.24, 2.45) is 0 Å². The summed E-state index contributed by atoms with van der Waals surface area (Å²) in [5.41, 5.74) is -0.507. The van der Waals surface area contributed by atoms with Crippen LogP contribution in [0.15, 0.2) is 21.9 Å². The maximum atomic E-state index is 11.4. The third-order valence-corrected chi connectivity index (χ3v) is 3.18. The van der Waals surface area contributed by atoms with Crippen LogP contribution in [0.4, 0.5) is 0 Å². The molecule has 0 aliphatic rings. The van der Waals surface area contributed by atoms with E-state index in [2.05, 4.69) is 11.9 Å². The van der Waals surface area contributed by atoms with E-state index in [4.69, 9.17) is 0 Å². The Morgan fingerprint density at radius 1 is 1.00 bits per heavy atom. The van der Waals surface area contributed by atoms with E-state index in [-0.39, 0.29) is 11.2 Å². The zero-order valence-electron chi connectivity index (χ0n) is 11.3. The highest BCUT2D eigenvalue weighted by Crippen LogP contribution is 2.08. The summed E-state index contributed by atoms with van der Waals surface area (Å²) in [4.78, 5) is 25.3. The van der Waals surface area contributed by atoms with Crippen LogP contribution >= 0.6 is 0 Å². The molecular weight excluding hydrogens is 228 g/mol. The molecule has 1 aromatic heterocycles. The largest absolute Gasteiger partial charge is 0.328 e. The van der Waals surface area contributed by atoms with Gasteiger partial charge < -0.3 is 4.98 Å². The van der Waals surface area contributed by atoms with Crippen molar-refractivity contribution in [3.05, 3.63) is 33.1 Å². The lowest BCUT2D eigenvalue weighted by Gasteiger charge is -2.03. The van der Waals surface area contributed by atoms with E-state index < -0.39 is 0 Å². The summed E-state index contributed by atoms with van der Waals surface area (Å²) in [6.45, 7) is 2.75. The van der Waals surface area contributed by atoms with Gasteiger partial charge in [0.05, 0.1) is 0 Å². The molecule has 0 unspecified atom stereocenters. The summed E-state index contributed by atoms with van der Waals surface area (Å²) < 4.78 is 1.27. The zero-order chi connectivity index (χ0) is 13.2. The van der Waals surface area contributed by atoms with E-state index in [1.807, 2.05) is 0 Å². The highest BCUT2D eigenvalue weighted by Gasteiger charge is 1.99. The summed E-state index contributed by atoms with van der Waals surface area (Å²) in [7, 11) is 0. The molecule has 4 heteroatoms. The average molecular weight is 252 g/mol. The molecule has 0 saturated heterocycles. The second kappa shape index (κ2) is 8.72. The van der Waals surface area contributed by atoms with Crippen LogP contribution in [0.2, 0.25) is 0 Å². The fourth-order valence-electron chi connectivity index (χ4n) is 2.07. The number of H-pyrrole nitrogens is 1. The SMILES string of the molecule is CCCCCCCCCCn1c(=O)cc[nH]c1=O. The molecule has 18 heavy (non-hydrogen) atoms. The quantitative estimate of drug-likeness (QED) is 0.687. The van der Waals surface area contributed by atoms with E-state index in [1.54, 1.807) is 0 Å². The second-order valence-electron chi connectivity index (χ2n) is 4.75. The normalized spacial score (nSPS) is 10.7. The van der Waals surface area contributed by atoms with Crippen LogP contribution < -0.4 is 11.2 Å². The first-order chi connectivity index (χ1) is 8.75. The van der Waals surface area contributed by atoms with Gasteiger partial charge in [-0.2, -0.15) is 0 Å². The maximum absolute atomic E-state index is 11.4. The van der Waals surface area contributed by atoms with Crippen molar-refractivity contribution in [3.8, 4) is 0 Å². The molecular formula is C14H24N2O2. The summed E-state index contributed by atoms with van der Waals surface area (Å²) in [6.07, 6.45) is 11.1. The monoisotopic (exact) mass is 252 g/mol. The molecule has 0 fully saturated rings. The fraction of sp³-hybridized carbons (Fsp3) is 0.714. The van der Waals surface area contributed by atoms with Gasteiger partial charge in [-0.15, -0.1) is 0 Å². The van der Waals surface area contributed by atoms with Crippen molar-refractivity contribution in [2.45, 2.75) is 64.8 Å². The molecule has 4 nitrogen and oxygen atoms in total. The molecule has 0 amide bonds. The molecule has 1 aromatic rings. The fourth-order valence-corrected chi connectivity index (χ4v) is 2.07. The van der Waals surface area contributed by atoms with Gasteiger partial charge in [-0.1, -0.05) is 51.9 Å². The molecule has 0 spiro atoms. The average Bonchev–Trinajstić information content (AvgIpc) is 2.35. The Bertz CT molecular complexity index is 406. The van der Waals surface area contributed by atoms with Gasteiger partial charge in [-0.3, -0.25) is 9.36 Å². The van der Waals surface area contributed by atoms with E-state index in [0.717, 1.165) is 12.8 Å². The summed E-state index contributed by atoms with van der Waals surface area (Å²) in [5.74, 6) is 0. The van der Waals surface area contributed by atoms with Crippen molar-refractivity contribution in [2.75, 3.05) is 0 Å². The highest BCUT2D eigenvalue weighted by atomic mass is 16.2. The number of hydrogen-bond acceptors (Lipinski definition) is 2. The first-order valence-corrected chi connectivity index (χ1v) is 7.04. The third-order valence-electron chi connectivity index (χ3n) is 3.18. The summed E-state index contributed by atoms with van der Waals surface area (Å²) in [6, 6.07) is 1.39. The second-order valence-corrected chi connectivity index (χ2v) is 4.75. The lowest BCUT2D eigenvalue weighted by molar-refractivity contribution is 0.526. The van der Waals surface area contributed by atoms with Gasteiger partial charge >= 0.3 is 5.69 Å². The predicted molar refractivity (Wildman–Crippen MR) is 73.9 cm³/mol. The molecule has 0 aliphatic heterocycles.